The average Bonchev–Trinajstić information content (AvgIpc) is 2.48. The standard InChI is InChI=1S/C15H21N3O2/c1-2-6-18-7-8-20-14(10-18)15-16-9-11-12(17-15)4-3-5-13(11)19/h9,14H,2-8,10H2,1H3. The number of rotatable bonds is 3. The Bertz CT molecular complexity index is 502. The molecule has 20 heavy (non-hydrogen) atoms. The molecule has 3 rings (SSSR count). The largest absolute Gasteiger partial charge is 0.368 e. The number of Topliss-reactive ketones (excluding diaryl/α,β-unsaturated/α-hetero) is 1. The van der Waals surface area contributed by atoms with Crippen LogP contribution in [0.4, 0.5) is 0 Å². The lowest BCUT2D eigenvalue weighted by molar-refractivity contribution is -0.0343. The summed E-state index contributed by atoms with van der Waals surface area (Å²) in [5.41, 5.74) is 1.61. The highest BCUT2D eigenvalue weighted by Gasteiger charge is 2.26. The summed E-state index contributed by atoms with van der Waals surface area (Å²) in [5.74, 6) is 0.911. The molecule has 2 aliphatic rings. The third-order valence-corrected chi connectivity index (χ3v) is 3.98. The average molecular weight is 275 g/mol. The van der Waals surface area contributed by atoms with Crippen LogP contribution in [-0.2, 0) is 11.2 Å². The maximum atomic E-state index is 11.8. The van der Waals surface area contributed by atoms with Crippen molar-refractivity contribution in [3.05, 3.63) is 23.3 Å². The van der Waals surface area contributed by atoms with E-state index in [1.54, 1.807) is 6.20 Å². The fraction of sp³-hybridized carbons (Fsp3) is 0.667. The summed E-state index contributed by atoms with van der Waals surface area (Å²) in [6.07, 6.45) is 5.18. The zero-order valence-electron chi connectivity index (χ0n) is 12.0. The molecule has 1 aromatic heterocycles. The molecule has 1 saturated heterocycles. The molecular formula is C15H21N3O2. The Labute approximate surface area is 119 Å². The number of aromatic nitrogens is 2. The van der Waals surface area contributed by atoms with E-state index in [-0.39, 0.29) is 11.9 Å². The zero-order chi connectivity index (χ0) is 13.9. The summed E-state index contributed by atoms with van der Waals surface area (Å²) in [6.45, 7) is 5.83. The Morgan fingerprint density at radius 3 is 3.20 bits per heavy atom. The fourth-order valence-electron chi connectivity index (χ4n) is 2.94. The molecule has 0 saturated carbocycles. The van der Waals surface area contributed by atoms with Crippen molar-refractivity contribution in [2.75, 3.05) is 26.2 Å². The molecular weight excluding hydrogens is 254 g/mol. The fourth-order valence-corrected chi connectivity index (χ4v) is 2.94. The van der Waals surface area contributed by atoms with Crippen LogP contribution >= 0.6 is 0 Å². The number of aryl methyl sites for hydroxylation is 1. The molecule has 5 nitrogen and oxygen atoms in total. The van der Waals surface area contributed by atoms with Gasteiger partial charge in [-0.15, -0.1) is 0 Å². The van der Waals surface area contributed by atoms with E-state index in [2.05, 4.69) is 21.8 Å². The summed E-state index contributed by atoms with van der Waals surface area (Å²) in [6, 6.07) is 0. The van der Waals surface area contributed by atoms with Gasteiger partial charge in [-0.3, -0.25) is 9.69 Å². The van der Waals surface area contributed by atoms with Crippen molar-refractivity contribution in [2.45, 2.75) is 38.7 Å². The first-order valence-corrected chi connectivity index (χ1v) is 7.51. The number of ketones is 1. The van der Waals surface area contributed by atoms with Crippen LogP contribution < -0.4 is 0 Å². The van der Waals surface area contributed by atoms with Gasteiger partial charge in [0.25, 0.3) is 0 Å². The third kappa shape index (κ3) is 2.74. The predicted octanol–water partition coefficient (Wildman–Crippen LogP) is 1.78. The first kappa shape index (κ1) is 13.6. The van der Waals surface area contributed by atoms with Gasteiger partial charge in [-0.05, 0) is 25.8 Å². The zero-order valence-corrected chi connectivity index (χ0v) is 12.0. The van der Waals surface area contributed by atoms with E-state index in [0.29, 0.717) is 12.0 Å². The summed E-state index contributed by atoms with van der Waals surface area (Å²) < 4.78 is 5.81. The highest BCUT2D eigenvalue weighted by molar-refractivity contribution is 5.97. The van der Waals surface area contributed by atoms with Crippen LogP contribution in [0.1, 0.15) is 54.2 Å². The van der Waals surface area contributed by atoms with Crippen LogP contribution in [0, 0.1) is 0 Å². The molecule has 2 heterocycles. The molecule has 0 spiro atoms. The molecule has 5 heteroatoms. The second-order valence-electron chi connectivity index (χ2n) is 5.53. The number of carbonyl (C=O) groups excluding carboxylic acids is 1. The maximum absolute atomic E-state index is 11.8. The van der Waals surface area contributed by atoms with E-state index in [4.69, 9.17) is 4.74 Å². The van der Waals surface area contributed by atoms with Gasteiger partial charge >= 0.3 is 0 Å². The highest BCUT2D eigenvalue weighted by atomic mass is 16.5. The number of hydrogen-bond donors (Lipinski definition) is 0. The number of carbonyl (C=O) groups is 1. The van der Waals surface area contributed by atoms with E-state index in [1.165, 1.54) is 0 Å². The predicted molar refractivity (Wildman–Crippen MR) is 74.7 cm³/mol. The van der Waals surface area contributed by atoms with Gasteiger partial charge in [0, 0.05) is 25.7 Å². The molecule has 1 aliphatic carbocycles. The minimum Gasteiger partial charge on any atom is -0.368 e. The van der Waals surface area contributed by atoms with Crippen molar-refractivity contribution in [1.82, 2.24) is 14.9 Å². The Hall–Kier alpha value is -1.33. The first-order chi connectivity index (χ1) is 9.78. The summed E-state index contributed by atoms with van der Waals surface area (Å²) in [7, 11) is 0. The van der Waals surface area contributed by atoms with Gasteiger partial charge in [0.1, 0.15) is 6.10 Å². The molecule has 0 amide bonds. The second kappa shape index (κ2) is 5.97. The van der Waals surface area contributed by atoms with Gasteiger partial charge in [-0.25, -0.2) is 9.97 Å². The van der Waals surface area contributed by atoms with Gasteiger partial charge in [0.2, 0.25) is 0 Å². The minimum absolute atomic E-state index is 0.0578. The molecule has 1 fully saturated rings. The summed E-state index contributed by atoms with van der Waals surface area (Å²) >= 11 is 0. The van der Waals surface area contributed by atoms with Gasteiger partial charge in [-0.1, -0.05) is 6.92 Å². The molecule has 108 valence electrons. The molecule has 1 aromatic rings. The van der Waals surface area contributed by atoms with Gasteiger partial charge in [-0.2, -0.15) is 0 Å². The molecule has 0 N–H and O–H groups in total. The van der Waals surface area contributed by atoms with Crippen molar-refractivity contribution >= 4 is 5.78 Å². The van der Waals surface area contributed by atoms with Crippen molar-refractivity contribution in [1.29, 1.82) is 0 Å². The topological polar surface area (TPSA) is 55.3 Å². The third-order valence-electron chi connectivity index (χ3n) is 3.98. The maximum Gasteiger partial charge on any atom is 0.166 e. The van der Waals surface area contributed by atoms with E-state index in [0.717, 1.165) is 57.0 Å². The van der Waals surface area contributed by atoms with Crippen LogP contribution in [0.3, 0.4) is 0 Å². The normalized spacial score (nSPS) is 23.6. The van der Waals surface area contributed by atoms with E-state index in [9.17, 15) is 4.79 Å². The molecule has 0 bridgehead atoms. The van der Waals surface area contributed by atoms with Crippen LogP contribution in [0.2, 0.25) is 0 Å². The Morgan fingerprint density at radius 1 is 1.45 bits per heavy atom. The van der Waals surface area contributed by atoms with Gasteiger partial charge in [0.05, 0.1) is 17.9 Å². The Kier molecular flexibility index (Phi) is 4.08. The van der Waals surface area contributed by atoms with Crippen LogP contribution in [0.5, 0.6) is 0 Å². The summed E-state index contributed by atoms with van der Waals surface area (Å²) in [5, 5.41) is 0. The molecule has 1 aliphatic heterocycles. The monoisotopic (exact) mass is 275 g/mol. The number of hydrogen-bond acceptors (Lipinski definition) is 5. The number of ether oxygens (including phenoxy) is 1. The molecule has 1 atom stereocenters. The number of morpholine rings is 1. The lowest BCUT2D eigenvalue weighted by Crippen LogP contribution is -2.39. The Balaban J connectivity index is 1.78. The SMILES string of the molecule is CCCN1CCOC(c2ncc3c(n2)CCCC3=O)C1. The second-order valence-corrected chi connectivity index (χ2v) is 5.53. The van der Waals surface area contributed by atoms with Crippen molar-refractivity contribution in [3.8, 4) is 0 Å². The summed E-state index contributed by atoms with van der Waals surface area (Å²) in [4.78, 5) is 23.2. The van der Waals surface area contributed by atoms with E-state index < -0.39 is 0 Å². The number of nitrogens with zero attached hydrogens (tertiary/aromatic N) is 3. The van der Waals surface area contributed by atoms with E-state index >= 15 is 0 Å². The number of fused-ring (bicyclic) bond motifs is 1. The van der Waals surface area contributed by atoms with Crippen molar-refractivity contribution in [2.24, 2.45) is 0 Å². The first-order valence-electron chi connectivity index (χ1n) is 7.51. The Morgan fingerprint density at radius 2 is 2.35 bits per heavy atom. The van der Waals surface area contributed by atoms with Gasteiger partial charge < -0.3 is 4.74 Å². The quantitative estimate of drug-likeness (QED) is 0.841. The van der Waals surface area contributed by atoms with Crippen molar-refractivity contribution < 1.29 is 9.53 Å². The van der Waals surface area contributed by atoms with Crippen LogP contribution in [-0.4, -0.2) is 46.9 Å². The van der Waals surface area contributed by atoms with Crippen LogP contribution in [0.15, 0.2) is 6.20 Å². The van der Waals surface area contributed by atoms with Crippen molar-refractivity contribution in [3.63, 3.8) is 0 Å². The van der Waals surface area contributed by atoms with Gasteiger partial charge in [0.15, 0.2) is 11.6 Å². The molecule has 0 radical (unpaired) electrons. The lowest BCUT2D eigenvalue weighted by atomic mass is 9.96. The lowest BCUT2D eigenvalue weighted by Gasteiger charge is -2.32. The minimum atomic E-state index is -0.0578. The van der Waals surface area contributed by atoms with Crippen LogP contribution in [0.25, 0.3) is 0 Å². The molecule has 1 unspecified atom stereocenters. The molecule has 0 aromatic carbocycles. The highest BCUT2D eigenvalue weighted by Crippen LogP contribution is 2.23. The van der Waals surface area contributed by atoms with E-state index in [1.807, 2.05) is 0 Å². The smallest absolute Gasteiger partial charge is 0.166 e.